The zero-order chi connectivity index (χ0) is 13.9. The lowest BCUT2D eigenvalue weighted by Crippen LogP contribution is -2.50. The summed E-state index contributed by atoms with van der Waals surface area (Å²) in [5.74, 6) is 1.43. The van der Waals surface area contributed by atoms with Gasteiger partial charge in [-0.3, -0.25) is 0 Å². The second-order valence-electron chi connectivity index (χ2n) is 5.66. The van der Waals surface area contributed by atoms with Crippen LogP contribution in [-0.2, 0) is 0 Å². The van der Waals surface area contributed by atoms with Crippen LogP contribution in [0.3, 0.4) is 0 Å². The summed E-state index contributed by atoms with van der Waals surface area (Å²) in [6.45, 7) is 8.22. The maximum Gasteiger partial charge on any atom is 0.228 e. The van der Waals surface area contributed by atoms with Gasteiger partial charge in [-0.25, -0.2) is 4.98 Å². The minimum Gasteiger partial charge on any atom is -0.475 e. The molecule has 106 valence electrons. The Kier molecular flexibility index (Phi) is 4.24. The predicted molar refractivity (Wildman–Crippen MR) is 76.7 cm³/mol. The quantitative estimate of drug-likeness (QED) is 0.899. The summed E-state index contributed by atoms with van der Waals surface area (Å²) in [4.78, 5) is 11.1. The molecule has 1 aromatic rings. The number of aromatic nitrogens is 2. The molecule has 0 aromatic carbocycles. The average molecular weight is 264 g/mol. The fraction of sp³-hybridized carbons (Fsp3) is 0.714. The van der Waals surface area contributed by atoms with Gasteiger partial charge in [0.15, 0.2) is 0 Å². The molecule has 1 saturated heterocycles. The topological polar surface area (TPSA) is 50.3 Å². The highest BCUT2D eigenvalue weighted by molar-refractivity contribution is 5.33. The zero-order valence-corrected chi connectivity index (χ0v) is 12.3. The predicted octanol–water partition coefficient (Wildman–Crippen LogP) is 1.84. The van der Waals surface area contributed by atoms with E-state index in [9.17, 15) is 0 Å². The van der Waals surface area contributed by atoms with E-state index in [0.29, 0.717) is 5.88 Å². The van der Waals surface area contributed by atoms with Gasteiger partial charge in [-0.15, -0.1) is 0 Å². The van der Waals surface area contributed by atoms with Gasteiger partial charge in [0, 0.05) is 30.9 Å². The molecule has 1 aliphatic rings. The first-order valence-electron chi connectivity index (χ1n) is 6.96. The van der Waals surface area contributed by atoms with Crippen LogP contribution in [-0.4, -0.2) is 41.7 Å². The van der Waals surface area contributed by atoms with E-state index < -0.39 is 0 Å². The SMILES string of the molecule is CNC1(C)CCN(c2nccc(OC(C)C)n2)CC1. The Balaban J connectivity index is 2.03. The number of piperidine rings is 1. The molecule has 5 heteroatoms. The smallest absolute Gasteiger partial charge is 0.228 e. The first-order chi connectivity index (χ1) is 9.02. The molecule has 0 amide bonds. The number of nitrogens with one attached hydrogen (secondary N) is 1. The zero-order valence-electron chi connectivity index (χ0n) is 12.3. The van der Waals surface area contributed by atoms with Crippen LogP contribution in [0.4, 0.5) is 5.95 Å². The lowest BCUT2D eigenvalue weighted by atomic mass is 9.90. The molecule has 0 radical (unpaired) electrons. The van der Waals surface area contributed by atoms with Crippen LogP contribution in [0.5, 0.6) is 5.88 Å². The third-order valence-electron chi connectivity index (χ3n) is 3.73. The van der Waals surface area contributed by atoms with Gasteiger partial charge in [0.05, 0.1) is 6.10 Å². The van der Waals surface area contributed by atoms with Crippen LogP contribution in [0.15, 0.2) is 12.3 Å². The van der Waals surface area contributed by atoms with Gasteiger partial charge < -0.3 is 15.0 Å². The van der Waals surface area contributed by atoms with Gasteiger partial charge in [0.25, 0.3) is 0 Å². The average Bonchev–Trinajstić information content (AvgIpc) is 2.39. The Morgan fingerprint density at radius 2 is 2.05 bits per heavy atom. The molecule has 1 fully saturated rings. The van der Waals surface area contributed by atoms with Crippen LogP contribution >= 0.6 is 0 Å². The normalized spacial score (nSPS) is 18.7. The van der Waals surface area contributed by atoms with Crippen molar-refractivity contribution in [2.45, 2.75) is 45.3 Å². The van der Waals surface area contributed by atoms with Gasteiger partial charge >= 0.3 is 0 Å². The van der Waals surface area contributed by atoms with Crippen LogP contribution in [0, 0.1) is 0 Å². The summed E-state index contributed by atoms with van der Waals surface area (Å²) in [5.41, 5.74) is 0.239. The molecule has 19 heavy (non-hydrogen) atoms. The highest BCUT2D eigenvalue weighted by Gasteiger charge is 2.29. The molecular weight excluding hydrogens is 240 g/mol. The first-order valence-corrected chi connectivity index (χ1v) is 6.96. The molecule has 0 unspecified atom stereocenters. The largest absolute Gasteiger partial charge is 0.475 e. The van der Waals surface area contributed by atoms with Crippen molar-refractivity contribution in [2.75, 3.05) is 25.0 Å². The molecule has 0 spiro atoms. The van der Waals surface area contributed by atoms with E-state index in [1.54, 1.807) is 6.20 Å². The molecule has 1 N–H and O–H groups in total. The van der Waals surface area contributed by atoms with E-state index >= 15 is 0 Å². The Morgan fingerprint density at radius 1 is 1.37 bits per heavy atom. The summed E-state index contributed by atoms with van der Waals surface area (Å²) in [5, 5.41) is 3.40. The van der Waals surface area contributed by atoms with Crippen LogP contribution in [0.1, 0.15) is 33.6 Å². The van der Waals surface area contributed by atoms with Crippen molar-refractivity contribution in [1.82, 2.24) is 15.3 Å². The minimum absolute atomic E-state index is 0.136. The van der Waals surface area contributed by atoms with Crippen LogP contribution < -0.4 is 15.0 Å². The van der Waals surface area contributed by atoms with E-state index in [1.807, 2.05) is 27.0 Å². The van der Waals surface area contributed by atoms with Crippen molar-refractivity contribution in [3.05, 3.63) is 12.3 Å². The molecule has 0 atom stereocenters. The van der Waals surface area contributed by atoms with E-state index in [-0.39, 0.29) is 11.6 Å². The van der Waals surface area contributed by atoms with Crippen LogP contribution in [0.25, 0.3) is 0 Å². The highest BCUT2D eigenvalue weighted by Crippen LogP contribution is 2.24. The Bertz CT molecular complexity index is 414. The van der Waals surface area contributed by atoms with Gasteiger partial charge in [0.1, 0.15) is 0 Å². The summed E-state index contributed by atoms with van der Waals surface area (Å²) in [6, 6.07) is 1.81. The molecule has 0 bridgehead atoms. The molecule has 2 rings (SSSR count). The van der Waals surface area contributed by atoms with E-state index in [4.69, 9.17) is 4.74 Å². The third-order valence-corrected chi connectivity index (χ3v) is 3.73. The second kappa shape index (κ2) is 5.74. The van der Waals surface area contributed by atoms with Crippen LogP contribution in [0.2, 0.25) is 0 Å². The van der Waals surface area contributed by atoms with Crippen molar-refractivity contribution >= 4 is 5.95 Å². The Hall–Kier alpha value is -1.36. The maximum atomic E-state index is 5.62. The van der Waals surface area contributed by atoms with Crippen molar-refractivity contribution in [3.63, 3.8) is 0 Å². The van der Waals surface area contributed by atoms with Gasteiger partial charge in [-0.05, 0) is 40.7 Å². The Morgan fingerprint density at radius 3 is 2.63 bits per heavy atom. The molecule has 0 saturated carbocycles. The van der Waals surface area contributed by atoms with E-state index in [1.165, 1.54) is 0 Å². The molecule has 2 heterocycles. The molecule has 1 aromatic heterocycles. The minimum atomic E-state index is 0.136. The van der Waals surface area contributed by atoms with Gasteiger partial charge in [-0.1, -0.05) is 0 Å². The first kappa shape index (κ1) is 14.1. The fourth-order valence-corrected chi connectivity index (χ4v) is 2.24. The molecule has 5 nitrogen and oxygen atoms in total. The summed E-state index contributed by atoms with van der Waals surface area (Å²) < 4.78 is 5.62. The number of hydrogen-bond donors (Lipinski definition) is 1. The summed E-state index contributed by atoms with van der Waals surface area (Å²) >= 11 is 0. The monoisotopic (exact) mass is 264 g/mol. The molecular formula is C14H24N4O. The van der Waals surface area contributed by atoms with Crippen molar-refractivity contribution in [1.29, 1.82) is 0 Å². The lowest BCUT2D eigenvalue weighted by molar-refractivity contribution is 0.232. The second-order valence-corrected chi connectivity index (χ2v) is 5.66. The number of nitrogens with zero attached hydrogens (tertiary/aromatic N) is 3. The van der Waals surface area contributed by atoms with E-state index in [2.05, 4.69) is 27.1 Å². The standard InChI is InChI=1S/C14H24N4O/c1-11(2)19-12-5-8-16-13(17-12)18-9-6-14(3,15-4)7-10-18/h5,8,11,15H,6-7,9-10H2,1-4H3. The van der Waals surface area contributed by atoms with Gasteiger partial charge in [-0.2, -0.15) is 4.98 Å². The maximum absolute atomic E-state index is 5.62. The van der Waals surface area contributed by atoms with Crippen molar-refractivity contribution in [3.8, 4) is 5.88 Å². The molecule has 1 aliphatic heterocycles. The fourth-order valence-electron chi connectivity index (χ4n) is 2.24. The Labute approximate surface area is 115 Å². The van der Waals surface area contributed by atoms with E-state index in [0.717, 1.165) is 31.9 Å². The van der Waals surface area contributed by atoms with Crippen molar-refractivity contribution < 1.29 is 4.74 Å². The number of rotatable bonds is 4. The van der Waals surface area contributed by atoms with Gasteiger partial charge in [0.2, 0.25) is 11.8 Å². The third kappa shape index (κ3) is 3.56. The highest BCUT2D eigenvalue weighted by atomic mass is 16.5. The number of ether oxygens (including phenoxy) is 1. The molecule has 0 aliphatic carbocycles. The number of hydrogen-bond acceptors (Lipinski definition) is 5. The summed E-state index contributed by atoms with van der Waals surface area (Å²) in [6.07, 6.45) is 4.10. The number of anilines is 1. The lowest BCUT2D eigenvalue weighted by Gasteiger charge is -2.39. The summed E-state index contributed by atoms with van der Waals surface area (Å²) in [7, 11) is 2.03. The van der Waals surface area contributed by atoms with Crippen molar-refractivity contribution in [2.24, 2.45) is 0 Å².